The van der Waals surface area contributed by atoms with Crippen molar-refractivity contribution in [3.05, 3.63) is 71.3 Å². The van der Waals surface area contributed by atoms with E-state index in [1.807, 2.05) is 48.5 Å². The van der Waals surface area contributed by atoms with Crippen molar-refractivity contribution in [3.63, 3.8) is 0 Å². The van der Waals surface area contributed by atoms with E-state index in [9.17, 15) is 0 Å². The molecule has 0 fully saturated rings. The summed E-state index contributed by atoms with van der Waals surface area (Å²) in [5, 5.41) is 0.610. The van der Waals surface area contributed by atoms with Crippen LogP contribution in [0.15, 0.2) is 55.1 Å². The van der Waals surface area contributed by atoms with E-state index in [4.69, 9.17) is 16.3 Å². The van der Waals surface area contributed by atoms with Crippen LogP contribution in [0.1, 0.15) is 11.1 Å². The van der Waals surface area contributed by atoms with Gasteiger partial charge < -0.3 is 4.74 Å². The van der Waals surface area contributed by atoms with Gasteiger partial charge in [0.1, 0.15) is 12.4 Å². The van der Waals surface area contributed by atoms with Gasteiger partial charge in [-0.15, -0.1) is 0 Å². The van der Waals surface area contributed by atoms with Crippen molar-refractivity contribution >= 4 is 17.7 Å². The van der Waals surface area contributed by atoms with Gasteiger partial charge in [-0.3, -0.25) is 0 Å². The molecule has 0 N–H and O–H groups in total. The molecule has 0 saturated carbocycles. The minimum atomic E-state index is 0.515. The van der Waals surface area contributed by atoms with Gasteiger partial charge in [-0.2, -0.15) is 0 Å². The van der Waals surface area contributed by atoms with Crippen molar-refractivity contribution in [2.24, 2.45) is 0 Å². The average molecular weight is 245 g/mol. The first-order valence-electron chi connectivity index (χ1n) is 5.39. The molecule has 1 nitrogen and oxygen atoms in total. The van der Waals surface area contributed by atoms with Crippen LogP contribution in [0.25, 0.3) is 6.08 Å². The van der Waals surface area contributed by atoms with Crippen LogP contribution in [0.5, 0.6) is 5.75 Å². The molecule has 0 heterocycles. The van der Waals surface area contributed by atoms with Gasteiger partial charge in [0.25, 0.3) is 0 Å². The van der Waals surface area contributed by atoms with Crippen molar-refractivity contribution in [1.29, 1.82) is 0 Å². The maximum atomic E-state index is 6.18. The van der Waals surface area contributed by atoms with Crippen molar-refractivity contribution in [2.45, 2.75) is 6.61 Å². The number of benzene rings is 2. The summed E-state index contributed by atoms with van der Waals surface area (Å²) < 4.78 is 5.69. The minimum absolute atomic E-state index is 0.515. The van der Waals surface area contributed by atoms with Gasteiger partial charge in [-0.05, 0) is 17.2 Å². The Morgan fingerprint density at radius 2 is 1.82 bits per heavy atom. The van der Waals surface area contributed by atoms with E-state index in [0.717, 1.165) is 11.1 Å². The molecule has 0 atom stereocenters. The van der Waals surface area contributed by atoms with E-state index in [-0.39, 0.29) is 0 Å². The van der Waals surface area contributed by atoms with Crippen molar-refractivity contribution in [3.8, 4) is 5.75 Å². The molecule has 2 aromatic carbocycles. The summed E-state index contributed by atoms with van der Waals surface area (Å²) in [6, 6.07) is 15.7. The fourth-order valence-corrected chi connectivity index (χ4v) is 1.79. The third kappa shape index (κ3) is 2.89. The van der Waals surface area contributed by atoms with Crippen LogP contribution in [-0.2, 0) is 6.61 Å². The topological polar surface area (TPSA) is 9.23 Å². The molecule has 0 aromatic heterocycles. The summed E-state index contributed by atoms with van der Waals surface area (Å²) in [6.45, 7) is 4.23. The number of hydrogen-bond donors (Lipinski definition) is 0. The van der Waals surface area contributed by atoms with Gasteiger partial charge in [0.15, 0.2) is 0 Å². The smallest absolute Gasteiger partial charge is 0.139 e. The lowest BCUT2D eigenvalue weighted by molar-refractivity contribution is 0.306. The molecule has 86 valence electrons. The standard InChI is InChI=1S/C15H13ClO/c1-2-13-9-6-10-14(15(13)16)17-11-12-7-4-3-5-8-12/h2-10H,1,11H2. The van der Waals surface area contributed by atoms with E-state index in [1.54, 1.807) is 6.08 Å². The van der Waals surface area contributed by atoms with E-state index >= 15 is 0 Å². The number of hydrogen-bond acceptors (Lipinski definition) is 1. The molecule has 2 heteroatoms. The summed E-state index contributed by atoms with van der Waals surface area (Å²) in [5.41, 5.74) is 2.00. The van der Waals surface area contributed by atoms with Gasteiger partial charge in [-0.25, -0.2) is 0 Å². The highest BCUT2D eigenvalue weighted by Crippen LogP contribution is 2.29. The third-order valence-electron chi connectivity index (χ3n) is 2.45. The molecule has 0 spiro atoms. The molecule has 0 amide bonds. The highest BCUT2D eigenvalue weighted by atomic mass is 35.5. The summed E-state index contributed by atoms with van der Waals surface area (Å²) >= 11 is 6.18. The monoisotopic (exact) mass is 244 g/mol. The van der Waals surface area contributed by atoms with Gasteiger partial charge in [0.2, 0.25) is 0 Å². The maximum absolute atomic E-state index is 6.18. The second-order valence-corrected chi connectivity index (χ2v) is 4.02. The molecule has 0 unspecified atom stereocenters. The van der Waals surface area contributed by atoms with E-state index in [2.05, 4.69) is 6.58 Å². The lowest BCUT2D eigenvalue weighted by Crippen LogP contribution is -1.96. The lowest BCUT2D eigenvalue weighted by Gasteiger charge is -2.09. The van der Waals surface area contributed by atoms with Crippen LogP contribution < -0.4 is 4.74 Å². The van der Waals surface area contributed by atoms with Crippen LogP contribution in [-0.4, -0.2) is 0 Å². The largest absolute Gasteiger partial charge is 0.487 e. The molecule has 0 aliphatic heterocycles. The zero-order chi connectivity index (χ0) is 12.1. The highest BCUT2D eigenvalue weighted by Gasteiger charge is 2.04. The zero-order valence-corrected chi connectivity index (χ0v) is 10.2. The molecule has 17 heavy (non-hydrogen) atoms. The summed E-state index contributed by atoms with van der Waals surface area (Å²) in [6.07, 6.45) is 1.72. The first kappa shape index (κ1) is 11.7. The average Bonchev–Trinajstić information content (AvgIpc) is 2.39. The molecule has 0 aliphatic carbocycles. The normalized spacial score (nSPS) is 9.94. The van der Waals surface area contributed by atoms with Crippen LogP contribution in [0.2, 0.25) is 5.02 Å². The Morgan fingerprint density at radius 3 is 2.53 bits per heavy atom. The second kappa shape index (κ2) is 5.55. The van der Waals surface area contributed by atoms with Crippen molar-refractivity contribution in [1.82, 2.24) is 0 Å². The second-order valence-electron chi connectivity index (χ2n) is 3.64. The van der Waals surface area contributed by atoms with Gasteiger partial charge in [0, 0.05) is 0 Å². The number of halogens is 1. The zero-order valence-electron chi connectivity index (χ0n) is 9.40. The molecule has 0 saturated heterocycles. The fourth-order valence-electron chi connectivity index (χ4n) is 1.53. The lowest BCUT2D eigenvalue weighted by atomic mass is 10.2. The Bertz CT molecular complexity index is 506. The Balaban J connectivity index is 2.12. The van der Waals surface area contributed by atoms with Crippen LogP contribution in [0.3, 0.4) is 0 Å². The molecule has 2 aromatic rings. The number of ether oxygens (including phenoxy) is 1. The maximum Gasteiger partial charge on any atom is 0.139 e. The molecule has 2 rings (SSSR count). The SMILES string of the molecule is C=Cc1cccc(OCc2ccccc2)c1Cl. The quantitative estimate of drug-likeness (QED) is 0.766. The van der Waals surface area contributed by atoms with Gasteiger partial charge in [0.05, 0.1) is 5.02 Å². The highest BCUT2D eigenvalue weighted by molar-refractivity contribution is 6.33. The van der Waals surface area contributed by atoms with Crippen molar-refractivity contribution in [2.75, 3.05) is 0 Å². The van der Waals surface area contributed by atoms with Crippen LogP contribution in [0.4, 0.5) is 0 Å². The Kier molecular flexibility index (Phi) is 3.84. The van der Waals surface area contributed by atoms with E-state index in [0.29, 0.717) is 17.4 Å². The molecule has 0 radical (unpaired) electrons. The Labute approximate surface area is 106 Å². The minimum Gasteiger partial charge on any atom is -0.487 e. The Hall–Kier alpha value is -1.73. The number of rotatable bonds is 4. The summed E-state index contributed by atoms with van der Waals surface area (Å²) in [4.78, 5) is 0. The summed E-state index contributed by atoms with van der Waals surface area (Å²) in [5.74, 6) is 0.688. The first-order valence-corrected chi connectivity index (χ1v) is 5.76. The van der Waals surface area contributed by atoms with Crippen molar-refractivity contribution < 1.29 is 4.74 Å². The first-order chi connectivity index (χ1) is 8.31. The molecule has 0 bridgehead atoms. The van der Waals surface area contributed by atoms with Gasteiger partial charge >= 0.3 is 0 Å². The predicted octanol–water partition coefficient (Wildman–Crippen LogP) is 4.56. The molecule has 0 aliphatic rings. The van der Waals surface area contributed by atoms with Gasteiger partial charge in [-0.1, -0.05) is 66.7 Å². The third-order valence-corrected chi connectivity index (χ3v) is 2.85. The Morgan fingerprint density at radius 1 is 1.06 bits per heavy atom. The fraction of sp³-hybridized carbons (Fsp3) is 0.0667. The predicted molar refractivity (Wildman–Crippen MR) is 72.3 cm³/mol. The van der Waals surface area contributed by atoms with Crippen LogP contribution in [0, 0.1) is 0 Å². The summed E-state index contributed by atoms with van der Waals surface area (Å²) in [7, 11) is 0. The molecular weight excluding hydrogens is 232 g/mol. The molecular formula is C15H13ClO. The van der Waals surface area contributed by atoms with Crippen LogP contribution >= 0.6 is 11.6 Å². The van der Waals surface area contributed by atoms with E-state index in [1.165, 1.54) is 0 Å². The van der Waals surface area contributed by atoms with E-state index < -0.39 is 0 Å².